The topological polar surface area (TPSA) is 105 Å². The van der Waals surface area contributed by atoms with Crippen LogP contribution in [0.2, 0.25) is 0 Å². The zero-order valence-electron chi connectivity index (χ0n) is 14.4. The normalized spacial score (nSPS) is 10.8. The molecule has 0 aliphatic carbocycles. The summed E-state index contributed by atoms with van der Waals surface area (Å²) in [6.45, 7) is 0. The summed E-state index contributed by atoms with van der Waals surface area (Å²) in [5, 5.41) is 23.8. The van der Waals surface area contributed by atoms with E-state index in [-0.39, 0.29) is 11.5 Å². The first-order valence-electron chi connectivity index (χ1n) is 8.11. The molecule has 0 unspecified atom stereocenters. The van der Waals surface area contributed by atoms with E-state index in [1.54, 1.807) is 48.5 Å². The third-order valence-electron chi connectivity index (χ3n) is 3.77. The van der Waals surface area contributed by atoms with Crippen LogP contribution in [-0.4, -0.2) is 22.2 Å². The number of nitrogens with one attached hydrogen (secondary N) is 1. The number of phenols is 1. The van der Waals surface area contributed by atoms with Gasteiger partial charge in [-0.05, 0) is 36.4 Å². The predicted molar refractivity (Wildman–Crippen MR) is 111 cm³/mol. The zero-order chi connectivity index (χ0) is 20.1. The van der Waals surface area contributed by atoms with Gasteiger partial charge in [-0.15, -0.1) is 0 Å². The Morgan fingerprint density at radius 1 is 1.11 bits per heavy atom. The number of carbonyl (C=O) groups excluding carboxylic acids is 1. The van der Waals surface area contributed by atoms with Crippen LogP contribution in [0.5, 0.6) is 5.75 Å². The molecule has 0 fully saturated rings. The van der Waals surface area contributed by atoms with Crippen LogP contribution in [0, 0.1) is 10.1 Å². The standard InChI is InChI=1S/C20H14BrN3O4/c21-15-9-14(19(25)18(10-15)24(27)28)12-22-16-7-4-8-17(11-16)23-20(26)13-5-2-1-3-6-13/h1-12,25H,(H,23,26). The first-order chi connectivity index (χ1) is 13.4. The molecule has 0 spiro atoms. The van der Waals surface area contributed by atoms with Gasteiger partial charge in [-0.1, -0.05) is 40.2 Å². The van der Waals surface area contributed by atoms with Crippen molar-refractivity contribution in [3.8, 4) is 5.75 Å². The fourth-order valence-electron chi connectivity index (χ4n) is 2.44. The van der Waals surface area contributed by atoms with E-state index in [0.29, 0.717) is 21.4 Å². The van der Waals surface area contributed by atoms with Crippen LogP contribution in [0.3, 0.4) is 0 Å². The summed E-state index contributed by atoms with van der Waals surface area (Å²) < 4.78 is 0.447. The van der Waals surface area contributed by atoms with E-state index in [0.717, 1.165) is 0 Å². The lowest BCUT2D eigenvalue weighted by molar-refractivity contribution is -0.385. The highest BCUT2D eigenvalue weighted by Gasteiger charge is 2.17. The van der Waals surface area contributed by atoms with Gasteiger partial charge in [0, 0.05) is 33.6 Å². The summed E-state index contributed by atoms with van der Waals surface area (Å²) in [5.41, 5.74) is 1.36. The van der Waals surface area contributed by atoms with Crippen LogP contribution in [0.15, 0.2) is 76.2 Å². The Labute approximate surface area is 168 Å². The molecule has 0 heterocycles. The first-order valence-corrected chi connectivity index (χ1v) is 8.91. The average Bonchev–Trinajstić information content (AvgIpc) is 2.69. The van der Waals surface area contributed by atoms with Crippen molar-refractivity contribution >= 4 is 45.1 Å². The van der Waals surface area contributed by atoms with Gasteiger partial charge in [0.25, 0.3) is 5.91 Å². The number of aromatic hydroxyl groups is 1. The predicted octanol–water partition coefficient (Wildman–Crippen LogP) is 5.07. The molecule has 2 N–H and O–H groups in total. The van der Waals surface area contributed by atoms with Crippen molar-refractivity contribution in [2.24, 2.45) is 4.99 Å². The van der Waals surface area contributed by atoms with Gasteiger partial charge in [0.1, 0.15) is 0 Å². The number of phenolic OH excluding ortho intramolecular Hbond substituents is 1. The first kappa shape index (κ1) is 19.2. The summed E-state index contributed by atoms with van der Waals surface area (Å²) >= 11 is 3.18. The number of nitrogens with zero attached hydrogens (tertiary/aromatic N) is 2. The molecular formula is C20H14BrN3O4. The number of benzene rings is 3. The van der Waals surface area contributed by atoms with E-state index in [1.165, 1.54) is 18.3 Å². The lowest BCUT2D eigenvalue weighted by atomic mass is 10.2. The van der Waals surface area contributed by atoms with Gasteiger partial charge < -0.3 is 10.4 Å². The number of carbonyl (C=O) groups is 1. The molecule has 0 saturated heterocycles. The van der Waals surface area contributed by atoms with Gasteiger partial charge in [0.2, 0.25) is 5.75 Å². The maximum absolute atomic E-state index is 12.2. The number of hydrogen-bond acceptors (Lipinski definition) is 5. The molecule has 1 amide bonds. The van der Waals surface area contributed by atoms with E-state index < -0.39 is 16.4 Å². The molecule has 7 nitrogen and oxygen atoms in total. The summed E-state index contributed by atoms with van der Waals surface area (Å²) in [5.74, 6) is -0.715. The third kappa shape index (κ3) is 4.60. The molecule has 0 aliphatic heterocycles. The number of rotatable bonds is 5. The quantitative estimate of drug-likeness (QED) is 0.329. The highest BCUT2D eigenvalue weighted by atomic mass is 79.9. The molecule has 28 heavy (non-hydrogen) atoms. The Bertz CT molecular complexity index is 1070. The van der Waals surface area contributed by atoms with E-state index in [1.807, 2.05) is 6.07 Å². The third-order valence-corrected chi connectivity index (χ3v) is 4.23. The minimum absolute atomic E-state index is 0.194. The van der Waals surface area contributed by atoms with Gasteiger partial charge in [0.15, 0.2) is 0 Å². The molecule has 0 bridgehead atoms. The van der Waals surface area contributed by atoms with E-state index in [2.05, 4.69) is 26.2 Å². The fourth-order valence-corrected chi connectivity index (χ4v) is 2.91. The Hall–Kier alpha value is -3.52. The Balaban J connectivity index is 1.82. The van der Waals surface area contributed by atoms with Crippen LogP contribution in [0.4, 0.5) is 17.1 Å². The average molecular weight is 440 g/mol. The number of nitro benzene ring substituents is 1. The smallest absolute Gasteiger partial charge is 0.312 e. The van der Waals surface area contributed by atoms with Crippen molar-refractivity contribution in [1.82, 2.24) is 0 Å². The molecule has 0 aromatic heterocycles. The van der Waals surface area contributed by atoms with Crippen molar-refractivity contribution in [2.45, 2.75) is 0 Å². The highest BCUT2D eigenvalue weighted by molar-refractivity contribution is 9.10. The van der Waals surface area contributed by atoms with Crippen LogP contribution in [0.25, 0.3) is 0 Å². The van der Waals surface area contributed by atoms with E-state index >= 15 is 0 Å². The summed E-state index contributed by atoms with van der Waals surface area (Å²) in [6, 6.07) is 18.3. The number of nitro groups is 1. The molecule has 3 aromatic carbocycles. The van der Waals surface area contributed by atoms with Crippen molar-refractivity contribution in [3.05, 3.63) is 92.4 Å². The number of aliphatic imine (C=N–C) groups is 1. The molecule has 3 rings (SSSR count). The van der Waals surface area contributed by atoms with Crippen molar-refractivity contribution in [2.75, 3.05) is 5.32 Å². The Morgan fingerprint density at radius 3 is 2.57 bits per heavy atom. The summed E-state index contributed by atoms with van der Waals surface area (Å²) in [6.07, 6.45) is 1.32. The molecule has 140 valence electrons. The van der Waals surface area contributed by atoms with Crippen LogP contribution in [0.1, 0.15) is 15.9 Å². The van der Waals surface area contributed by atoms with E-state index in [9.17, 15) is 20.0 Å². The van der Waals surface area contributed by atoms with Crippen LogP contribution >= 0.6 is 15.9 Å². The second kappa shape index (κ2) is 8.45. The lowest BCUT2D eigenvalue weighted by Crippen LogP contribution is -2.11. The number of halogens is 1. The Kier molecular flexibility index (Phi) is 5.81. The second-order valence-corrected chi connectivity index (χ2v) is 6.66. The molecule has 3 aromatic rings. The summed E-state index contributed by atoms with van der Waals surface area (Å²) in [7, 11) is 0. The number of hydrogen-bond donors (Lipinski definition) is 2. The number of anilines is 1. The number of amides is 1. The molecule has 0 saturated carbocycles. The van der Waals surface area contributed by atoms with Gasteiger partial charge in [0.05, 0.1) is 10.6 Å². The van der Waals surface area contributed by atoms with Gasteiger partial charge in [-0.2, -0.15) is 0 Å². The van der Waals surface area contributed by atoms with Crippen LogP contribution in [-0.2, 0) is 0 Å². The largest absolute Gasteiger partial charge is 0.502 e. The van der Waals surface area contributed by atoms with E-state index in [4.69, 9.17) is 0 Å². The van der Waals surface area contributed by atoms with Crippen molar-refractivity contribution in [1.29, 1.82) is 0 Å². The molecular weight excluding hydrogens is 426 g/mol. The van der Waals surface area contributed by atoms with Gasteiger partial charge >= 0.3 is 5.69 Å². The highest BCUT2D eigenvalue weighted by Crippen LogP contribution is 2.32. The van der Waals surface area contributed by atoms with Crippen molar-refractivity contribution < 1.29 is 14.8 Å². The molecule has 0 radical (unpaired) electrons. The molecule has 8 heteroatoms. The van der Waals surface area contributed by atoms with Gasteiger partial charge in [-0.3, -0.25) is 19.9 Å². The lowest BCUT2D eigenvalue weighted by Gasteiger charge is -2.06. The zero-order valence-corrected chi connectivity index (χ0v) is 16.0. The minimum atomic E-state index is -0.669. The monoisotopic (exact) mass is 439 g/mol. The fraction of sp³-hybridized carbons (Fsp3) is 0. The maximum atomic E-state index is 12.2. The molecule has 0 atom stereocenters. The second-order valence-electron chi connectivity index (χ2n) is 5.75. The molecule has 0 aliphatic rings. The maximum Gasteiger partial charge on any atom is 0.312 e. The van der Waals surface area contributed by atoms with Crippen LogP contribution < -0.4 is 5.32 Å². The van der Waals surface area contributed by atoms with Gasteiger partial charge in [-0.25, -0.2) is 0 Å². The summed E-state index contributed by atoms with van der Waals surface area (Å²) in [4.78, 5) is 26.8. The minimum Gasteiger partial charge on any atom is -0.502 e. The van der Waals surface area contributed by atoms with Crippen molar-refractivity contribution in [3.63, 3.8) is 0 Å². The SMILES string of the molecule is O=C(Nc1cccc(N=Cc2cc(Br)cc([N+](=O)[O-])c2O)c1)c1ccccc1. The Morgan fingerprint density at radius 2 is 1.86 bits per heavy atom.